The van der Waals surface area contributed by atoms with E-state index in [1.54, 1.807) is 7.05 Å². The number of piperidine rings is 1. The van der Waals surface area contributed by atoms with Gasteiger partial charge in [-0.05, 0) is 25.8 Å². The fraction of sp³-hybridized carbons (Fsp3) is 0.889. The second-order valence-corrected chi connectivity index (χ2v) is 3.44. The Morgan fingerprint density at radius 3 is 3.00 bits per heavy atom. The first-order chi connectivity index (χ1) is 6.33. The van der Waals surface area contributed by atoms with Crippen molar-refractivity contribution < 1.29 is 4.79 Å². The predicted octanol–water partition coefficient (Wildman–Crippen LogP) is 0.448. The third-order valence-electron chi connectivity index (χ3n) is 2.42. The zero-order valence-corrected chi connectivity index (χ0v) is 8.23. The molecule has 1 atom stereocenters. The van der Waals surface area contributed by atoms with E-state index >= 15 is 0 Å². The van der Waals surface area contributed by atoms with Gasteiger partial charge in [-0.25, -0.2) is 4.79 Å². The van der Waals surface area contributed by atoms with Crippen LogP contribution in [0, 0.1) is 0 Å². The lowest BCUT2D eigenvalue weighted by molar-refractivity contribution is 0.242. The van der Waals surface area contributed by atoms with E-state index in [0.717, 1.165) is 19.5 Å². The van der Waals surface area contributed by atoms with Gasteiger partial charge in [-0.15, -0.1) is 0 Å². The molecule has 0 aliphatic carbocycles. The van der Waals surface area contributed by atoms with Crippen LogP contribution in [0.1, 0.15) is 25.7 Å². The lowest BCUT2D eigenvalue weighted by atomic mass is 10.0. The molecular weight excluding hydrogens is 166 g/mol. The molecule has 1 fully saturated rings. The molecule has 13 heavy (non-hydrogen) atoms. The summed E-state index contributed by atoms with van der Waals surface area (Å²) in [5, 5.41) is 8.76. The third-order valence-corrected chi connectivity index (χ3v) is 2.42. The summed E-state index contributed by atoms with van der Waals surface area (Å²) < 4.78 is 0. The van der Waals surface area contributed by atoms with Crippen LogP contribution in [0.25, 0.3) is 0 Å². The molecule has 0 bridgehead atoms. The van der Waals surface area contributed by atoms with E-state index in [4.69, 9.17) is 0 Å². The molecule has 1 unspecified atom stereocenters. The Bertz CT molecular complexity index is 155. The molecule has 3 N–H and O–H groups in total. The number of carbonyl (C=O) groups is 1. The summed E-state index contributed by atoms with van der Waals surface area (Å²) in [4.78, 5) is 10.8. The van der Waals surface area contributed by atoms with Gasteiger partial charge in [0.05, 0.1) is 0 Å². The first kappa shape index (κ1) is 10.3. The Morgan fingerprint density at radius 2 is 2.38 bits per heavy atom. The Balaban J connectivity index is 2.01. The number of nitrogens with one attached hydrogen (secondary N) is 3. The minimum absolute atomic E-state index is 0.0872. The van der Waals surface area contributed by atoms with Gasteiger partial charge in [0.2, 0.25) is 0 Å². The Kier molecular flexibility index (Phi) is 4.60. The topological polar surface area (TPSA) is 53.2 Å². The smallest absolute Gasteiger partial charge is 0.314 e. The van der Waals surface area contributed by atoms with Gasteiger partial charge >= 0.3 is 6.03 Å². The average Bonchev–Trinajstić information content (AvgIpc) is 2.19. The molecule has 0 aromatic rings. The van der Waals surface area contributed by atoms with Gasteiger partial charge < -0.3 is 16.0 Å². The van der Waals surface area contributed by atoms with Crippen molar-refractivity contribution in [3.8, 4) is 0 Å². The summed E-state index contributed by atoms with van der Waals surface area (Å²) in [6, 6.07) is 0.515. The van der Waals surface area contributed by atoms with Crippen molar-refractivity contribution in [3.05, 3.63) is 0 Å². The van der Waals surface area contributed by atoms with E-state index in [0.29, 0.717) is 6.04 Å². The van der Waals surface area contributed by atoms with Crippen LogP contribution in [-0.4, -0.2) is 32.2 Å². The van der Waals surface area contributed by atoms with Gasteiger partial charge in [-0.2, -0.15) is 0 Å². The fourth-order valence-electron chi connectivity index (χ4n) is 1.62. The summed E-state index contributed by atoms with van der Waals surface area (Å²) in [5.74, 6) is 0. The average molecular weight is 185 g/mol. The van der Waals surface area contributed by atoms with Gasteiger partial charge in [-0.1, -0.05) is 6.42 Å². The predicted molar refractivity (Wildman–Crippen MR) is 52.7 cm³/mol. The SMILES string of the molecule is CNC(=O)NCCC1CCCCN1. The maximum absolute atomic E-state index is 10.8. The van der Waals surface area contributed by atoms with E-state index in [1.807, 2.05) is 0 Å². The molecule has 0 aromatic carbocycles. The van der Waals surface area contributed by atoms with Crippen LogP contribution in [0.3, 0.4) is 0 Å². The van der Waals surface area contributed by atoms with Crippen molar-refractivity contribution >= 4 is 6.03 Å². The highest BCUT2D eigenvalue weighted by atomic mass is 16.2. The monoisotopic (exact) mass is 185 g/mol. The standard InChI is InChI=1S/C9H19N3O/c1-10-9(13)12-7-5-8-4-2-3-6-11-8/h8,11H,2-7H2,1H3,(H2,10,12,13). The zero-order valence-electron chi connectivity index (χ0n) is 8.23. The molecule has 0 saturated carbocycles. The van der Waals surface area contributed by atoms with E-state index < -0.39 is 0 Å². The van der Waals surface area contributed by atoms with Crippen LogP contribution in [0.2, 0.25) is 0 Å². The Hall–Kier alpha value is -0.770. The van der Waals surface area contributed by atoms with E-state index in [9.17, 15) is 4.79 Å². The van der Waals surface area contributed by atoms with Crippen molar-refractivity contribution in [1.82, 2.24) is 16.0 Å². The minimum atomic E-state index is -0.0872. The highest BCUT2D eigenvalue weighted by molar-refractivity contribution is 5.73. The second kappa shape index (κ2) is 5.80. The molecule has 0 spiro atoms. The van der Waals surface area contributed by atoms with Gasteiger partial charge in [0.25, 0.3) is 0 Å². The molecule has 1 aliphatic heterocycles. The Morgan fingerprint density at radius 1 is 1.54 bits per heavy atom. The summed E-state index contributed by atoms with van der Waals surface area (Å²) in [6.45, 7) is 1.89. The number of hydrogen-bond acceptors (Lipinski definition) is 2. The van der Waals surface area contributed by atoms with Crippen LogP contribution >= 0.6 is 0 Å². The summed E-state index contributed by atoms with van der Waals surface area (Å²) >= 11 is 0. The van der Waals surface area contributed by atoms with Gasteiger partial charge in [0.1, 0.15) is 0 Å². The molecule has 76 valence electrons. The zero-order chi connectivity index (χ0) is 9.52. The number of urea groups is 1. The van der Waals surface area contributed by atoms with Crippen molar-refractivity contribution in [3.63, 3.8) is 0 Å². The van der Waals surface area contributed by atoms with Crippen molar-refractivity contribution in [1.29, 1.82) is 0 Å². The summed E-state index contributed by atoms with van der Waals surface area (Å²) in [7, 11) is 1.63. The molecule has 0 radical (unpaired) electrons. The van der Waals surface area contributed by atoms with E-state index in [1.165, 1.54) is 19.3 Å². The lowest BCUT2D eigenvalue weighted by Gasteiger charge is -2.23. The van der Waals surface area contributed by atoms with Crippen molar-refractivity contribution in [2.45, 2.75) is 31.7 Å². The highest BCUT2D eigenvalue weighted by Crippen LogP contribution is 2.08. The van der Waals surface area contributed by atoms with Gasteiger partial charge in [0.15, 0.2) is 0 Å². The molecule has 1 heterocycles. The fourth-order valence-corrected chi connectivity index (χ4v) is 1.62. The number of rotatable bonds is 3. The van der Waals surface area contributed by atoms with Crippen LogP contribution < -0.4 is 16.0 Å². The molecule has 1 saturated heterocycles. The van der Waals surface area contributed by atoms with Crippen LogP contribution in [0.5, 0.6) is 0 Å². The van der Waals surface area contributed by atoms with Gasteiger partial charge in [0, 0.05) is 19.6 Å². The quantitative estimate of drug-likeness (QED) is 0.598. The Labute approximate surface area is 79.5 Å². The maximum Gasteiger partial charge on any atom is 0.314 e. The molecule has 2 amide bonds. The van der Waals surface area contributed by atoms with Crippen LogP contribution in [-0.2, 0) is 0 Å². The largest absolute Gasteiger partial charge is 0.341 e. The van der Waals surface area contributed by atoms with Gasteiger partial charge in [-0.3, -0.25) is 0 Å². The third kappa shape index (κ3) is 4.12. The molecule has 4 heteroatoms. The van der Waals surface area contributed by atoms with Crippen molar-refractivity contribution in [2.75, 3.05) is 20.1 Å². The highest BCUT2D eigenvalue weighted by Gasteiger charge is 2.11. The summed E-state index contributed by atoms with van der Waals surface area (Å²) in [6.07, 6.45) is 4.89. The lowest BCUT2D eigenvalue weighted by Crippen LogP contribution is -2.39. The minimum Gasteiger partial charge on any atom is -0.341 e. The number of amides is 2. The molecular formula is C9H19N3O. The second-order valence-electron chi connectivity index (χ2n) is 3.44. The van der Waals surface area contributed by atoms with Crippen LogP contribution in [0.4, 0.5) is 4.79 Å². The van der Waals surface area contributed by atoms with E-state index in [-0.39, 0.29) is 6.03 Å². The molecule has 1 aliphatic rings. The number of hydrogen-bond donors (Lipinski definition) is 3. The molecule has 0 aromatic heterocycles. The van der Waals surface area contributed by atoms with Crippen LogP contribution in [0.15, 0.2) is 0 Å². The number of carbonyl (C=O) groups excluding carboxylic acids is 1. The first-order valence-corrected chi connectivity index (χ1v) is 5.02. The molecule has 4 nitrogen and oxygen atoms in total. The maximum atomic E-state index is 10.8. The summed E-state index contributed by atoms with van der Waals surface area (Å²) in [5.41, 5.74) is 0. The van der Waals surface area contributed by atoms with E-state index in [2.05, 4.69) is 16.0 Å². The molecule has 1 rings (SSSR count). The van der Waals surface area contributed by atoms with Crippen molar-refractivity contribution in [2.24, 2.45) is 0 Å². The normalized spacial score (nSPS) is 22.4. The first-order valence-electron chi connectivity index (χ1n) is 5.02.